The third-order valence-corrected chi connectivity index (χ3v) is 3.42. The van der Waals surface area contributed by atoms with Gasteiger partial charge in [0.15, 0.2) is 0 Å². The highest BCUT2D eigenvalue weighted by Gasteiger charge is 2.30. The summed E-state index contributed by atoms with van der Waals surface area (Å²) in [5.74, 6) is -1.21. The molecule has 1 aromatic rings. The molecule has 2 rings (SSSR count). The first-order valence-corrected chi connectivity index (χ1v) is 5.83. The lowest BCUT2D eigenvalue weighted by atomic mass is 10.2. The van der Waals surface area contributed by atoms with E-state index < -0.39 is 12.0 Å². The van der Waals surface area contributed by atoms with Crippen molar-refractivity contribution < 1.29 is 14.3 Å². The molecular weight excluding hydrogens is 277 g/mol. The number of aliphatic carboxylic acids is 1. The highest BCUT2D eigenvalue weighted by molar-refractivity contribution is 9.10. The molecule has 0 amide bonds. The lowest BCUT2D eigenvalue weighted by molar-refractivity contribution is -0.138. The maximum Gasteiger partial charge on any atom is 0.326 e. The van der Waals surface area contributed by atoms with E-state index in [1.165, 1.54) is 6.07 Å². The van der Waals surface area contributed by atoms with Gasteiger partial charge in [-0.3, -0.25) is 0 Å². The standard InChI is InChI=1S/C11H11BrFNO2/c12-8-4-3-7(6-9(8)13)14-5-1-2-10(14)11(15)16/h3-4,6,10H,1-2,5H2,(H,15,16). The van der Waals surface area contributed by atoms with Gasteiger partial charge < -0.3 is 10.0 Å². The third-order valence-electron chi connectivity index (χ3n) is 2.77. The fourth-order valence-electron chi connectivity index (χ4n) is 2.00. The Labute approximate surface area is 101 Å². The van der Waals surface area contributed by atoms with Crippen molar-refractivity contribution in [3.8, 4) is 0 Å². The minimum absolute atomic E-state index is 0.367. The van der Waals surface area contributed by atoms with Crippen LogP contribution in [0, 0.1) is 5.82 Å². The number of halogens is 2. The zero-order chi connectivity index (χ0) is 11.7. The van der Waals surface area contributed by atoms with Crippen molar-refractivity contribution in [3.63, 3.8) is 0 Å². The molecule has 86 valence electrons. The summed E-state index contributed by atoms with van der Waals surface area (Å²) in [7, 11) is 0. The number of anilines is 1. The molecule has 1 aromatic carbocycles. The number of hydrogen-bond donors (Lipinski definition) is 1. The molecule has 0 saturated carbocycles. The van der Waals surface area contributed by atoms with Gasteiger partial charge in [0.05, 0.1) is 4.47 Å². The van der Waals surface area contributed by atoms with Crippen molar-refractivity contribution in [2.45, 2.75) is 18.9 Å². The predicted molar refractivity (Wildman–Crippen MR) is 62.1 cm³/mol. The van der Waals surface area contributed by atoms with E-state index in [9.17, 15) is 9.18 Å². The van der Waals surface area contributed by atoms with Crippen molar-refractivity contribution in [2.24, 2.45) is 0 Å². The van der Waals surface area contributed by atoms with Crippen molar-refractivity contribution in [1.29, 1.82) is 0 Å². The van der Waals surface area contributed by atoms with Gasteiger partial charge in [0.25, 0.3) is 0 Å². The lowest BCUT2D eigenvalue weighted by Gasteiger charge is -2.23. The summed E-state index contributed by atoms with van der Waals surface area (Å²) in [6.45, 7) is 0.665. The van der Waals surface area contributed by atoms with Gasteiger partial charge in [-0.15, -0.1) is 0 Å². The Kier molecular flexibility index (Phi) is 3.14. The topological polar surface area (TPSA) is 40.5 Å². The predicted octanol–water partition coefficient (Wildman–Crippen LogP) is 2.64. The average molecular weight is 288 g/mol. The van der Waals surface area contributed by atoms with Crippen molar-refractivity contribution in [2.75, 3.05) is 11.4 Å². The highest BCUT2D eigenvalue weighted by Crippen LogP contribution is 2.28. The van der Waals surface area contributed by atoms with Crippen LogP contribution >= 0.6 is 15.9 Å². The minimum Gasteiger partial charge on any atom is -0.480 e. The first kappa shape index (κ1) is 11.4. The van der Waals surface area contributed by atoms with Gasteiger partial charge in [-0.05, 0) is 47.0 Å². The maximum absolute atomic E-state index is 13.3. The van der Waals surface area contributed by atoms with Crippen LogP contribution in [-0.2, 0) is 4.79 Å². The van der Waals surface area contributed by atoms with Gasteiger partial charge in [-0.1, -0.05) is 0 Å². The Morgan fingerprint density at radius 3 is 2.94 bits per heavy atom. The van der Waals surface area contributed by atoms with Crippen LogP contribution in [0.3, 0.4) is 0 Å². The molecule has 0 aliphatic carbocycles. The van der Waals surface area contributed by atoms with Gasteiger partial charge >= 0.3 is 5.97 Å². The second kappa shape index (κ2) is 4.41. The Bertz CT molecular complexity index is 424. The second-order valence-corrected chi connectivity index (χ2v) is 4.64. The fourth-order valence-corrected chi connectivity index (χ4v) is 2.24. The molecule has 3 nitrogen and oxygen atoms in total. The zero-order valence-corrected chi connectivity index (χ0v) is 10.1. The number of carboxylic acid groups (broad SMARTS) is 1. The monoisotopic (exact) mass is 287 g/mol. The van der Waals surface area contributed by atoms with Crippen LogP contribution in [0.15, 0.2) is 22.7 Å². The maximum atomic E-state index is 13.3. The van der Waals surface area contributed by atoms with Crippen LogP contribution < -0.4 is 4.90 Å². The second-order valence-electron chi connectivity index (χ2n) is 3.79. The molecule has 0 bridgehead atoms. The molecular formula is C11H11BrFNO2. The number of carboxylic acids is 1. The van der Waals surface area contributed by atoms with Crippen molar-refractivity contribution in [1.82, 2.24) is 0 Å². The molecule has 0 aromatic heterocycles. The minimum atomic E-state index is -0.846. The summed E-state index contributed by atoms with van der Waals surface area (Å²) < 4.78 is 13.7. The summed E-state index contributed by atoms with van der Waals surface area (Å²) in [6.07, 6.45) is 1.45. The molecule has 1 aliphatic heterocycles. The number of hydrogen-bond acceptors (Lipinski definition) is 2. The molecule has 1 N–H and O–H groups in total. The van der Waals surface area contributed by atoms with Crippen LogP contribution in [0.1, 0.15) is 12.8 Å². The van der Waals surface area contributed by atoms with Gasteiger partial charge in [-0.25, -0.2) is 9.18 Å². The van der Waals surface area contributed by atoms with Crippen LogP contribution in [0.25, 0.3) is 0 Å². The van der Waals surface area contributed by atoms with E-state index in [1.54, 1.807) is 17.0 Å². The fraction of sp³-hybridized carbons (Fsp3) is 0.364. The summed E-state index contributed by atoms with van der Waals surface area (Å²) in [4.78, 5) is 12.7. The average Bonchev–Trinajstić information content (AvgIpc) is 2.71. The molecule has 1 heterocycles. The Morgan fingerprint density at radius 2 is 2.31 bits per heavy atom. The first-order valence-electron chi connectivity index (χ1n) is 5.04. The van der Waals surface area contributed by atoms with E-state index in [1.807, 2.05) is 0 Å². The normalized spacial score (nSPS) is 20.1. The molecule has 1 fully saturated rings. The quantitative estimate of drug-likeness (QED) is 0.909. The lowest BCUT2D eigenvalue weighted by Crippen LogP contribution is -2.35. The smallest absolute Gasteiger partial charge is 0.326 e. The SMILES string of the molecule is O=C(O)C1CCCN1c1ccc(Br)c(F)c1. The number of benzene rings is 1. The summed E-state index contributed by atoms with van der Waals surface area (Å²) in [6, 6.07) is 4.17. The van der Waals surface area contributed by atoms with Crippen molar-refractivity contribution in [3.05, 3.63) is 28.5 Å². The summed E-state index contributed by atoms with van der Waals surface area (Å²) in [5, 5.41) is 9.02. The summed E-state index contributed by atoms with van der Waals surface area (Å²) >= 11 is 3.07. The Balaban J connectivity index is 2.29. The molecule has 5 heteroatoms. The highest BCUT2D eigenvalue weighted by atomic mass is 79.9. The van der Waals surface area contributed by atoms with E-state index in [2.05, 4.69) is 15.9 Å². The van der Waals surface area contributed by atoms with Gasteiger partial charge in [-0.2, -0.15) is 0 Å². The van der Waals surface area contributed by atoms with Crippen LogP contribution in [0.4, 0.5) is 10.1 Å². The van der Waals surface area contributed by atoms with Gasteiger partial charge in [0.1, 0.15) is 11.9 Å². The van der Waals surface area contributed by atoms with Gasteiger partial charge in [0, 0.05) is 12.2 Å². The molecule has 1 saturated heterocycles. The first-order chi connectivity index (χ1) is 7.59. The largest absolute Gasteiger partial charge is 0.480 e. The molecule has 16 heavy (non-hydrogen) atoms. The van der Waals surface area contributed by atoms with Crippen molar-refractivity contribution >= 4 is 27.6 Å². The third kappa shape index (κ3) is 2.04. The zero-order valence-electron chi connectivity index (χ0n) is 8.49. The van der Waals surface area contributed by atoms with Gasteiger partial charge in [0.2, 0.25) is 0 Å². The molecule has 0 spiro atoms. The van der Waals surface area contributed by atoms with Crippen LogP contribution in [0.2, 0.25) is 0 Å². The number of rotatable bonds is 2. The molecule has 0 radical (unpaired) electrons. The van der Waals surface area contributed by atoms with Crippen LogP contribution in [0.5, 0.6) is 0 Å². The molecule has 1 atom stereocenters. The molecule has 1 aliphatic rings. The van der Waals surface area contributed by atoms with E-state index in [-0.39, 0.29) is 5.82 Å². The Hall–Kier alpha value is -1.10. The van der Waals surface area contributed by atoms with E-state index in [4.69, 9.17) is 5.11 Å². The number of carbonyl (C=O) groups is 1. The van der Waals surface area contributed by atoms with E-state index in [0.29, 0.717) is 23.1 Å². The molecule has 1 unspecified atom stereocenters. The van der Waals surface area contributed by atoms with E-state index >= 15 is 0 Å². The van der Waals surface area contributed by atoms with Crippen LogP contribution in [-0.4, -0.2) is 23.7 Å². The number of nitrogens with zero attached hydrogens (tertiary/aromatic N) is 1. The van der Waals surface area contributed by atoms with E-state index in [0.717, 1.165) is 6.42 Å². The summed E-state index contributed by atoms with van der Waals surface area (Å²) in [5.41, 5.74) is 0.630. The Morgan fingerprint density at radius 1 is 1.56 bits per heavy atom.